The molecule has 3 rings (SSSR count). The van der Waals surface area contributed by atoms with Crippen molar-refractivity contribution in [1.82, 2.24) is 9.97 Å². The standard InChI is InChI=1S/C23H28N4/c1-4-26(17-20-12-8-6-9-13-20)22-16-23(25-19(3)24-22)27(5-2)18-21-14-10-7-11-15-21/h6-16H,4-5,17-18H2,1-3H3. The second-order valence-corrected chi connectivity index (χ2v) is 6.63. The number of hydrogen-bond acceptors (Lipinski definition) is 4. The lowest BCUT2D eigenvalue weighted by Gasteiger charge is -2.26. The minimum absolute atomic E-state index is 0.806. The maximum absolute atomic E-state index is 4.71. The van der Waals surface area contributed by atoms with Gasteiger partial charge in [-0.2, -0.15) is 0 Å². The summed E-state index contributed by atoms with van der Waals surface area (Å²) in [7, 11) is 0. The van der Waals surface area contributed by atoms with Crippen molar-refractivity contribution in [2.24, 2.45) is 0 Å². The smallest absolute Gasteiger partial charge is 0.134 e. The van der Waals surface area contributed by atoms with E-state index in [4.69, 9.17) is 9.97 Å². The minimum Gasteiger partial charge on any atom is -0.352 e. The van der Waals surface area contributed by atoms with E-state index in [0.717, 1.165) is 43.6 Å². The van der Waals surface area contributed by atoms with E-state index in [9.17, 15) is 0 Å². The van der Waals surface area contributed by atoms with Gasteiger partial charge in [-0.3, -0.25) is 0 Å². The number of anilines is 2. The van der Waals surface area contributed by atoms with Gasteiger partial charge in [-0.15, -0.1) is 0 Å². The molecule has 2 aromatic carbocycles. The van der Waals surface area contributed by atoms with Crippen molar-refractivity contribution in [2.45, 2.75) is 33.9 Å². The maximum atomic E-state index is 4.71. The fourth-order valence-electron chi connectivity index (χ4n) is 3.18. The highest BCUT2D eigenvalue weighted by atomic mass is 15.2. The van der Waals surface area contributed by atoms with Crippen molar-refractivity contribution >= 4 is 11.6 Å². The van der Waals surface area contributed by atoms with Crippen LogP contribution >= 0.6 is 0 Å². The Morgan fingerprint density at radius 2 is 1.07 bits per heavy atom. The lowest BCUT2D eigenvalue weighted by molar-refractivity contribution is 0.780. The highest BCUT2D eigenvalue weighted by molar-refractivity contribution is 5.51. The molecule has 3 aromatic rings. The molecule has 4 heteroatoms. The zero-order valence-corrected chi connectivity index (χ0v) is 16.5. The Hall–Kier alpha value is -2.88. The zero-order valence-electron chi connectivity index (χ0n) is 16.5. The van der Waals surface area contributed by atoms with Gasteiger partial charge in [0.1, 0.15) is 17.5 Å². The molecule has 0 spiro atoms. The van der Waals surface area contributed by atoms with Crippen LogP contribution in [0.3, 0.4) is 0 Å². The van der Waals surface area contributed by atoms with Crippen molar-refractivity contribution in [1.29, 1.82) is 0 Å². The molecule has 0 atom stereocenters. The molecule has 0 N–H and O–H groups in total. The Bertz CT molecular complexity index is 766. The van der Waals surface area contributed by atoms with Crippen LogP contribution in [0.25, 0.3) is 0 Å². The number of hydrogen-bond donors (Lipinski definition) is 0. The molecule has 0 saturated carbocycles. The zero-order chi connectivity index (χ0) is 19.1. The topological polar surface area (TPSA) is 32.3 Å². The SMILES string of the molecule is CCN(Cc1ccccc1)c1cc(N(CC)Cc2ccccc2)nc(C)n1. The number of nitrogens with zero attached hydrogens (tertiary/aromatic N) is 4. The molecule has 0 aliphatic rings. The van der Waals surface area contributed by atoms with Crippen LogP contribution in [0, 0.1) is 6.92 Å². The Morgan fingerprint density at radius 1 is 0.667 bits per heavy atom. The third kappa shape index (κ3) is 5.07. The van der Waals surface area contributed by atoms with E-state index in [1.54, 1.807) is 0 Å². The molecule has 0 radical (unpaired) electrons. The Morgan fingerprint density at radius 3 is 1.44 bits per heavy atom. The van der Waals surface area contributed by atoms with E-state index in [2.05, 4.69) is 90.4 Å². The van der Waals surface area contributed by atoms with Gasteiger partial charge in [-0.05, 0) is 31.9 Å². The molecule has 0 aliphatic heterocycles. The van der Waals surface area contributed by atoms with Crippen LogP contribution in [0.4, 0.5) is 11.6 Å². The van der Waals surface area contributed by atoms with Crippen molar-refractivity contribution in [3.63, 3.8) is 0 Å². The van der Waals surface area contributed by atoms with Crippen molar-refractivity contribution in [3.8, 4) is 0 Å². The molecule has 0 fully saturated rings. The lowest BCUT2D eigenvalue weighted by atomic mass is 10.2. The number of aryl methyl sites for hydroxylation is 1. The van der Waals surface area contributed by atoms with Crippen LogP contribution in [-0.4, -0.2) is 23.1 Å². The first-order valence-electron chi connectivity index (χ1n) is 9.63. The minimum atomic E-state index is 0.806. The molecule has 0 saturated heterocycles. The van der Waals surface area contributed by atoms with Gasteiger partial charge in [0.25, 0.3) is 0 Å². The summed E-state index contributed by atoms with van der Waals surface area (Å²) in [6.07, 6.45) is 0. The molecule has 1 heterocycles. The summed E-state index contributed by atoms with van der Waals surface area (Å²) in [4.78, 5) is 14.0. The van der Waals surface area contributed by atoms with E-state index in [0.29, 0.717) is 0 Å². The fourth-order valence-corrected chi connectivity index (χ4v) is 3.18. The average Bonchev–Trinajstić information content (AvgIpc) is 2.71. The Labute approximate surface area is 162 Å². The highest BCUT2D eigenvalue weighted by Crippen LogP contribution is 2.22. The molecule has 27 heavy (non-hydrogen) atoms. The van der Waals surface area contributed by atoms with E-state index >= 15 is 0 Å². The summed E-state index contributed by atoms with van der Waals surface area (Å²) >= 11 is 0. The monoisotopic (exact) mass is 360 g/mol. The third-order valence-electron chi connectivity index (χ3n) is 4.65. The third-order valence-corrected chi connectivity index (χ3v) is 4.65. The second-order valence-electron chi connectivity index (χ2n) is 6.63. The summed E-state index contributed by atoms with van der Waals surface area (Å²) in [5.74, 6) is 2.77. The van der Waals surface area contributed by atoms with Gasteiger partial charge < -0.3 is 9.80 Å². The molecule has 4 nitrogen and oxygen atoms in total. The van der Waals surface area contributed by atoms with Crippen LogP contribution in [0.1, 0.15) is 30.8 Å². The van der Waals surface area contributed by atoms with Crippen LogP contribution in [0.5, 0.6) is 0 Å². The van der Waals surface area contributed by atoms with Crippen molar-refractivity contribution in [3.05, 3.63) is 83.7 Å². The predicted octanol–water partition coefficient (Wildman–Crippen LogP) is 4.84. The first-order chi connectivity index (χ1) is 13.2. The molecule has 1 aromatic heterocycles. The van der Waals surface area contributed by atoms with Crippen LogP contribution in [0.2, 0.25) is 0 Å². The van der Waals surface area contributed by atoms with Gasteiger partial charge >= 0.3 is 0 Å². The number of benzene rings is 2. The molecule has 0 unspecified atom stereocenters. The number of rotatable bonds is 8. The van der Waals surface area contributed by atoms with Gasteiger partial charge in [0.15, 0.2) is 0 Å². The summed E-state index contributed by atoms with van der Waals surface area (Å²) < 4.78 is 0. The van der Waals surface area contributed by atoms with E-state index < -0.39 is 0 Å². The molecular weight excluding hydrogens is 332 g/mol. The normalized spacial score (nSPS) is 10.6. The van der Waals surface area contributed by atoms with E-state index in [-0.39, 0.29) is 0 Å². The summed E-state index contributed by atoms with van der Waals surface area (Å²) in [6.45, 7) is 9.80. The largest absolute Gasteiger partial charge is 0.352 e. The first kappa shape index (κ1) is 18.9. The van der Waals surface area contributed by atoms with Crippen LogP contribution < -0.4 is 9.80 Å². The van der Waals surface area contributed by atoms with Gasteiger partial charge in [0, 0.05) is 32.2 Å². The number of aromatic nitrogens is 2. The summed E-state index contributed by atoms with van der Waals surface area (Å²) in [5, 5.41) is 0. The fraction of sp³-hybridized carbons (Fsp3) is 0.304. The lowest BCUT2D eigenvalue weighted by Crippen LogP contribution is -2.26. The van der Waals surface area contributed by atoms with Gasteiger partial charge in [0.2, 0.25) is 0 Å². The average molecular weight is 361 g/mol. The predicted molar refractivity (Wildman–Crippen MR) is 113 cm³/mol. The second kappa shape index (κ2) is 9.17. The highest BCUT2D eigenvalue weighted by Gasteiger charge is 2.13. The molecule has 0 amide bonds. The van der Waals surface area contributed by atoms with Gasteiger partial charge in [0.05, 0.1) is 0 Å². The van der Waals surface area contributed by atoms with Crippen molar-refractivity contribution < 1.29 is 0 Å². The summed E-state index contributed by atoms with van der Waals surface area (Å²) in [5.41, 5.74) is 2.57. The molecule has 140 valence electrons. The van der Waals surface area contributed by atoms with E-state index in [1.807, 2.05) is 6.92 Å². The molecular formula is C23H28N4. The van der Waals surface area contributed by atoms with E-state index in [1.165, 1.54) is 11.1 Å². The van der Waals surface area contributed by atoms with Gasteiger partial charge in [-0.1, -0.05) is 60.7 Å². The first-order valence-corrected chi connectivity index (χ1v) is 9.63. The van der Waals surface area contributed by atoms with Crippen molar-refractivity contribution in [2.75, 3.05) is 22.9 Å². The van der Waals surface area contributed by atoms with Crippen LogP contribution in [0.15, 0.2) is 66.7 Å². The van der Waals surface area contributed by atoms with Gasteiger partial charge in [-0.25, -0.2) is 9.97 Å². The van der Waals surface area contributed by atoms with Crippen LogP contribution in [-0.2, 0) is 13.1 Å². The summed E-state index contributed by atoms with van der Waals surface area (Å²) in [6, 6.07) is 23.2. The maximum Gasteiger partial charge on any atom is 0.134 e. The molecule has 0 aliphatic carbocycles. The molecule has 0 bridgehead atoms. The Kier molecular flexibility index (Phi) is 6.42. The Balaban J connectivity index is 1.85. The quantitative estimate of drug-likeness (QED) is 0.575.